The maximum Gasteiger partial charge on any atom is 0.416 e. The Hall–Kier alpha value is -3.29. The van der Waals surface area contributed by atoms with Gasteiger partial charge in [0.05, 0.1) is 5.56 Å². The van der Waals surface area contributed by atoms with Crippen LogP contribution in [0.1, 0.15) is 36.8 Å². The van der Waals surface area contributed by atoms with E-state index in [2.05, 4.69) is 10.6 Å². The normalized spacial score (nSPS) is 14.4. The molecule has 0 radical (unpaired) electrons. The van der Waals surface area contributed by atoms with Crippen molar-refractivity contribution in [2.24, 2.45) is 0 Å². The van der Waals surface area contributed by atoms with Gasteiger partial charge in [-0.3, -0.25) is 10.1 Å². The molecule has 0 atom stereocenters. The van der Waals surface area contributed by atoms with Crippen molar-refractivity contribution >= 4 is 28.9 Å². The molecule has 0 unspecified atom stereocenters. The van der Waals surface area contributed by atoms with Crippen LogP contribution in [0.25, 0.3) is 5.57 Å². The average Bonchev–Trinajstić information content (AvgIpc) is 2.68. The molecule has 0 bridgehead atoms. The zero-order chi connectivity index (χ0) is 21.0. The van der Waals surface area contributed by atoms with Gasteiger partial charge >= 0.3 is 12.3 Å². The summed E-state index contributed by atoms with van der Waals surface area (Å²) in [7, 11) is 0. The van der Waals surface area contributed by atoms with Gasteiger partial charge in [0.1, 0.15) is 0 Å². The summed E-state index contributed by atoms with van der Waals surface area (Å²) in [5.74, 6) is -0.307. The van der Waals surface area contributed by atoms with Crippen LogP contribution >= 0.6 is 0 Å². The molecule has 0 saturated heterocycles. The molecule has 0 aromatic heterocycles. The van der Waals surface area contributed by atoms with Gasteiger partial charge in [-0.05, 0) is 73.2 Å². The molecule has 0 spiro atoms. The van der Waals surface area contributed by atoms with Gasteiger partial charge in [-0.1, -0.05) is 12.1 Å². The number of carbonyl (C=O) groups is 2. The maximum absolute atomic E-state index is 12.8. The fourth-order valence-corrected chi connectivity index (χ4v) is 3.30. The van der Waals surface area contributed by atoms with E-state index in [1.807, 2.05) is 0 Å². The number of benzene rings is 2. The topological polar surface area (TPSA) is 78.4 Å². The average molecular weight is 404 g/mol. The molecule has 1 aliphatic carbocycles. The van der Waals surface area contributed by atoms with E-state index in [0.29, 0.717) is 35.4 Å². The van der Waals surface area contributed by atoms with Crippen LogP contribution in [-0.2, 0) is 11.0 Å². The number of anilines is 2. The predicted molar refractivity (Wildman–Crippen MR) is 104 cm³/mol. The summed E-state index contributed by atoms with van der Waals surface area (Å²) < 4.78 is 38.4. The van der Waals surface area contributed by atoms with Crippen LogP contribution in [0.4, 0.5) is 29.3 Å². The standard InChI is InChI=1S/C21H19F3N2O3/c22-21(23,24)14-7-5-13(6-8-14)17-3-1-2-4-18(17)19(27)25-15-9-11-16(12-10-15)26-20(28)29/h5-12,26H,1-4H2,(H,25,27)(H,28,29). The lowest BCUT2D eigenvalue weighted by Crippen LogP contribution is -2.18. The molecule has 0 heterocycles. The SMILES string of the molecule is O=C(O)Nc1ccc(NC(=O)C2=C(c3ccc(C(F)(F)F)cc3)CCCC2)cc1. The summed E-state index contributed by atoms with van der Waals surface area (Å²) in [6, 6.07) is 11.1. The highest BCUT2D eigenvalue weighted by atomic mass is 19.4. The highest BCUT2D eigenvalue weighted by molar-refractivity contribution is 6.09. The summed E-state index contributed by atoms with van der Waals surface area (Å²) in [6.07, 6.45) is -2.73. The summed E-state index contributed by atoms with van der Waals surface area (Å²) in [6.45, 7) is 0. The minimum atomic E-state index is -4.40. The number of allylic oxidation sites excluding steroid dienone is 1. The Labute approximate surface area is 165 Å². The monoisotopic (exact) mass is 404 g/mol. The number of carboxylic acid groups (broad SMARTS) is 1. The van der Waals surface area contributed by atoms with Crippen molar-refractivity contribution in [2.45, 2.75) is 31.9 Å². The molecule has 2 aromatic rings. The summed E-state index contributed by atoms with van der Waals surface area (Å²) in [5, 5.41) is 13.7. The van der Waals surface area contributed by atoms with Crippen molar-refractivity contribution in [1.29, 1.82) is 0 Å². The Bertz CT molecular complexity index is 933. The zero-order valence-electron chi connectivity index (χ0n) is 15.3. The van der Waals surface area contributed by atoms with Crippen LogP contribution in [0.2, 0.25) is 0 Å². The van der Waals surface area contributed by atoms with Crippen LogP contribution in [0.5, 0.6) is 0 Å². The van der Waals surface area contributed by atoms with E-state index in [4.69, 9.17) is 5.11 Å². The Balaban J connectivity index is 1.81. The molecule has 3 N–H and O–H groups in total. The van der Waals surface area contributed by atoms with E-state index in [9.17, 15) is 22.8 Å². The van der Waals surface area contributed by atoms with Gasteiger partial charge in [-0.2, -0.15) is 13.2 Å². The van der Waals surface area contributed by atoms with Crippen molar-refractivity contribution in [3.8, 4) is 0 Å². The molecule has 1 aliphatic rings. The number of carbonyl (C=O) groups excluding carboxylic acids is 1. The highest BCUT2D eigenvalue weighted by Gasteiger charge is 2.30. The van der Waals surface area contributed by atoms with Crippen LogP contribution in [0.3, 0.4) is 0 Å². The van der Waals surface area contributed by atoms with Crippen LogP contribution in [0.15, 0.2) is 54.1 Å². The number of hydrogen-bond donors (Lipinski definition) is 3. The van der Waals surface area contributed by atoms with Gasteiger partial charge in [-0.15, -0.1) is 0 Å². The van der Waals surface area contributed by atoms with Crippen molar-refractivity contribution in [1.82, 2.24) is 0 Å². The lowest BCUT2D eigenvalue weighted by Gasteiger charge is -2.21. The Morgan fingerprint density at radius 2 is 1.38 bits per heavy atom. The lowest BCUT2D eigenvalue weighted by molar-refractivity contribution is -0.137. The predicted octanol–water partition coefficient (Wildman–Crippen LogP) is 5.76. The second-order valence-corrected chi connectivity index (χ2v) is 6.70. The molecule has 8 heteroatoms. The molecule has 0 saturated carbocycles. The number of alkyl halides is 3. The first-order valence-electron chi connectivity index (χ1n) is 9.05. The van der Waals surface area contributed by atoms with Gasteiger partial charge in [0, 0.05) is 16.9 Å². The fraction of sp³-hybridized carbons (Fsp3) is 0.238. The minimum Gasteiger partial charge on any atom is -0.465 e. The summed E-state index contributed by atoms with van der Waals surface area (Å²) in [5.41, 5.74) is 2.08. The first kappa shape index (κ1) is 20.4. The van der Waals surface area contributed by atoms with Gasteiger partial charge in [0.25, 0.3) is 5.91 Å². The van der Waals surface area contributed by atoms with Crippen molar-refractivity contribution in [3.05, 3.63) is 65.2 Å². The lowest BCUT2D eigenvalue weighted by atomic mass is 9.86. The highest BCUT2D eigenvalue weighted by Crippen LogP contribution is 2.35. The first-order valence-corrected chi connectivity index (χ1v) is 9.05. The third-order valence-corrected chi connectivity index (χ3v) is 4.70. The second kappa shape index (κ2) is 8.38. The van der Waals surface area contributed by atoms with Crippen LogP contribution < -0.4 is 10.6 Å². The van der Waals surface area contributed by atoms with Crippen molar-refractivity contribution < 1.29 is 27.9 Å². The van der Waals surface area contributed by atoms with E-state index in [1.165, 1.54) is 24.3 Å². The van der Waals surface area contributed by atoms with Gasteiger partial charge in [-0.25, -0.2) is 4.79 Å². The largest absolute Gasteiger partial charge is 0.465 e. The van der Waals surface area contributed by atoms with E-state index in [1.54, 1.807) is 12.1 Å². The molecular formula is C21H19F3N2O3. The molecule has 2 amide bonds. The minimum absolute atomic E-state index is 0.307. The first-order chi connectivity index (χ1) is 13.7. The molecule has 3 rings (SSSR count). The quantitative estimate of drug-likeness (QED) is 0.606. The number of nitrogens with one attached hydrogen (secondary N) is 2. The molecule has 29 heavy (non-hydrogen) atoms. The van der Waals surface area contributed by atoms with Crippen molar-refractivity contribution in [2.75, 3.05) is 10.6 Å². The number of hydrogen-bond acceptors (Lipinski definition) is 2. The second-order valence-electron chi connectivity index (χ2n) is 6.70. The van der Waals surface area contributed by atoms with Crippen LogP contribution in [0, 0.1) is 0 Å². The number of halogens is 3. The molecule has 0 fully saturated rings. The third-order valence-electron chi connectivity index (χ3n) is 4.70. The number of amides is 2. The zero-order valence-corrected chi connectivity index (χ0v) is 15.3. The van der Waals surface area contributed by atoms with E-state index >= 15 is 0 Å². The Morgan fingerprint density at radius 1 is 0.828 bits per heavy atom. The molecule has 152 valence electrons. The van der Waals surface area contributed by atoms with Crippen LogP contribution in [-0.4, -0.2) is 17.1 Å². The number of rotatable bonds is 4. The van der Waals surface area contributed by atoms with E-state index in [-0.39, 0.29) is 5.91 Å². The Kier molecular flexibility index (Phi) is 5.91. The molecule has 0 aliphatic heterocycles. The molecular weight excluding hydrogens is 385 g/mol. The van der Waals surface area contributed by atoms with E-state index < -0.39 is 17.8 Å². The van der Waals surface area contributed by atoms with Crippen molar-refractivity contribution in [3.63, 3.8) is 0 Å². The van der Waals surface area contributed by atoms with Gasteiger partial charge in [0.15, 0.2) is 0 Å². The third kappa shape index (κ3) is 5.16. The van der Waals surface area contributed by atoms with Gasteiger partial charge < -0.3 is 10.4 Å². The molecule has 5 nitrogen and oxygen atoms in total. The molecule has 2 aromatic carbocycles. The Morgan fingerprint density at radius 3 is 1.93 bits per heavy atom. The maximum atomic E-state index is 12.8. The van der Waals surface area contributed by atoms with E-state index in [0.717, 1.165) is 30.5 Å². The van der Waals surface area contributed by atoms with Gasteiger partial charge in [0.2, 0.25) is 0 Å². The summed E-state index contributed by atoms with van der Waals surface area (Å²) >= 11 is 0. The smallest absolute Gasteiger partial charge is 0.416 e. The summed E-state index contributed by atoms with van der Waals surface area (Å²) in [4.78, 5) is 23.4. The fourth-order valence-electron chi connectivity index (χ4n) is 3.30.